The third kappa shape index (κ3) is 1.80. The third-order valence-electron chi connectivity index (χ3n) is 6.23. The highest BCUT2D eigenvalue weighted by atomic mass is 16.5. The highest BCUT2D eigenvalue weighted by molar-refractivity contribution is 6.22. The molecule has 0 spiro atoms. The van der Waals surface area contributed by atoms with E-state index in [1.807, 2.05) is 24.3 Å². The molecule has 24 heavy (non-hydrogen) atoms. The smallest absolute Gasteiger partial charge is 0.238 e. The summed E-state index contributed by atoms with van der Waals surface area (Å²) in [6.45, 7) is 2.73. The normalized spacial score (nSPS) is 38.3. The fourth-order valence-corrected chi connectivity index (χ4v) is 5.12. The van der Waals surface area contributed by atoms with E-state index in [0.717, 1.165) is 12.2 Å². The maximum absolute atomic E-state index is 13.0. The molecule has 1 aromatic rings. The van der Waals surface area contributed by atoms with Crippen molar-refractivity contribution in [3.63, 3.8) is 0 Å². The summed E-state index contributed by atoms with van der Waals surface area (Å²) in [6.07, 6.45) is 6.55. The number of carbonyl (C=O) groups excluding carboxylic acids is 2. The van der Waals surface area contributed by atoms with E-state index in [-0.39, 0.29) is 35.5 Å². The van der Waals surface area contributed by atoms with Crippen LogP contribution in [0.5, 0.6) is 5.75 Å². The lowest BCUT2D eigenvalue weighted by atomic mass is 9.63. The average Bonchev–Trinajstić information content (AvgIpc) is 3.38. The first-order valence-electron chi connectivity index (χ1n) is 8.99. The Morgan fingerprint density at radius 3 is 2.12 bits per heavy atom. The molecule has 5 aliphatic rings. The number of ether oxygens (including phenoxy) is 1. The highest BCUT2D eigenvalue weighted by Crippen LogP contribution is 2.65. The van der Waals surface area contributed by atoms with Gasteiger partial charge in [-0.15, -0.1) is 0 Å². The van der Waals surface area contributed by atoms with Crippen molar-refractivity contribution in [3.05, 3.63) is 36.4 Å². The van der Waals surface area contributed by atoms with E-state index in [0.29, 0.717) is 24.1 Å². The second-order valence-corrected chi connectivity index (χ2v) is 7.51. The summed E-state index contributed by atoms with van der Waals surface area (Å²) in [7, 11) is 0. The van der Waals surface area contributed by atoms with Gasteiger partial charge in [0.15, 0.2) is 0 Å². The van der Waals surface area contributed by atoms with E-state index >= 15 is 0 Å². The average molecular weight is 323 g/mol. The minimum atomic E-state index is -0.132. The van der Waals surface area contributed by atoms with Crippen LogP contribution in [0.25, 0.3) is 0 Å². The molecule has 0 radical (unpaired) electrons. The first-order chi connectivity index (χ1) is 11.7. The van der Waals surface area contributed by atoms with Gasteiger partial charge >= 0.3 is 0 Å². The molecule has 4 heteroatoms. The molecule has 0 unspecified atom stereocenters. The van der Waals surface area contributed by atoms with Crippen LogP contribution in [0.15, 0.2) is 36.4 Å². The van der Waals surface area contributed by atoms with Crippen LogP contribution in [0.2, 0.25) is 0 Å². The molecule has 2 bridgehead atoms. The van der Waals surface area contributed by atoms with Crippen LogP contribution in [0.1, 0.15) is 19.8 Å². The van der Waals surface area contributed by atoms with Crippen LogP contribution in [-0.2, 0) is 9.59 Å². The van der Waals surface area contributed by atoms with Gasteiger partial charge in [0.2, 0.25) is 11.8 Å². The van der Waals surface area contributed by atoms with Crippen LogP contribution in [0.4, 0.5) is 5.69 Å². The molecule has 1 aliphatic heterocycles. The maximum Gasteiger partial charge on any atom is 0.238 e. The number of carbonyl (C=O) groups is 2. The van der Waals surface area contributed by atoms with Crippen molar-refractivity contribution in [2.75, 3.05) is 11.5 Å². The molecule has 6 atom stereocenters. The SMILES string of the molecule is CCCOc1ccc(N2C(=O)[C@@H]3[C@H]4C=C[C@H]([C@H]5C[C@@H]45)[C@@H]3C2=O)cc1. The number of anilines is 1. The molecule has 1 aromatic carbocycles. The van der Waals surface area contributed by atoms with Crippen molar-refractivity contribution in [3.8, 4) is 5.75 Å². The summed E-state index contributed by atoms with van der Waals surface area (Å²) in [5, 5.41) is 0. The van der Waals surface area contributed by atoms with Crippen LogP contribution >= 0.6 is 0 Å². The van der Waals surface area contributed by atoms with E-state index in [9.17, 15) is 9.59 Å². The molecule has 2 amide bonds. The Kier molecular flexibility index (Phi) is 2.94. The molecule has 0 aromatic heterocycles. The minimum absolute atomic E-state index is 0.00285. The quantitative estimate of drug-likeness (QED) is 0.632. The van der Waals surface area contributed by atoms with Gasteiger partial charge in [0.05, 0.1) is 24.1 Å². The van der Waals surface area contributed by atoms with Gasteiger partial charge in [-0.1, -0.05) is 19.1 Å². The van der Waals surface area contributed by atoms with Gasteiger partial charge in [0.25, 0.3) is 0 Å². The Morgan fingerprint density at radius 1 is 1.00 bits per heavy atom. The van der Waals surface area contributed by atoms with E-state index in [1.54, 1.807) is 0 Å². The Hall–Kier alpha value is -2.10. The predicted molar refractivity (Wildman–Crippen MR) is 89.4 cm³/mol. The van der Waals surface area contributed by atoms with Crippen molar-refractivity contribution >= 4 is 17.5 Å². The second kappa shape index (κ2) is 4.95. The highest BCUT2D eigenvalue weighted by Gasteiger charge is 2.67. The van der Waals surface area contributed by atoms with Gasteiger partial charge in [-0.2, -0.15) is 0 Å². The lowest BCUT2D eigenvalue weighted by Crippen LogP contribution is -2.40. The van der Waals surface area contributed by atoms with Crippen LogP contribution in [-0.4, -0.2) is 18.4 Å². The molecule has 1 heterocycles. The summed E-state index contributed by atoms with van der Waals surface area (Å²) in [6, 6.07) is 7.35. The molecule has 3 fully saturated rings. The van der Waals surface area contributed by atoms with Crippen molar-refractivity contribution in [1.29, 1.82) is 0 Å². The van der Waals surface area contributed by atoms with Gasteiger partial charge in [0.1, 0.15) is 5.75 Å². The number of amides is 2. The summed E-state index contributed by atoms with van der Waals surface area (Å²) >= 11 is 0. The number of hydrogen-bond donors (Lipinski definition) is 0. The predicted octanol–water partition coefficient (Wildman–Crippen LogP) is 3.03. The molecule has 6 rings (SSSR count). The van der Waals surface area contributed by atoms with E-state index in [2.05, 4.69) is 19.1 Å². The number of nitrogens with zero attached hydrogens (tertiary/aromatic N) is 1. The minimum Gasteiger partial charge on any atom is -0.494 e. The third-order valence-corrected chi connectivity index (χ3v) is 6.23. The van der Waals surface area contributed by atoms with E-state index in [4.69, 9.17) is 4.74 Å². The molecule has 1 saturated heterocycles. The molecule has 4 nitrogen and oxygen atoms in total. The zero-order chi connectivity index (χ0) is 16.4. The fourth-order valence-electron chi connectivity index (χ4n) is 5.12. The molecule has 0 N–H and O–H groups in total. The maximum atomic E-state index is 13.0. The van der Waals surface area contributed by atoms with Crippen molar-refractivity contribution in [2.24, 2.45) is 35.5 Å². The number of allylic oxidation sites excluding steroid dienone is 2. The number of benzene rings is 1. The molecule has 2 saturated carbocycles. The van der Waals surface area contributed by atoms with Gasteiger partial charge in [-0.3, -0.25) is 14.5 Å². The van der Waals surface area contributed by atoms with Crippen LogP contribution in [0.3, 0.4) is 0 Å². The lowest BCUT2D eigenvalue weighted by molar-refractivity contribution is -0.124. The Morgan fingerprint density at radius 2 is 1.58 bits per heavy atom. The van der Waals surface area contributed by atoms with Gasteiger partial charge in [-0.05, 0) is 60.8 Å². The standard InChI is InChI=1S/C20H21NO3/c1-2-9-24-12-5-3-11(4-6-12)21-19(22)17-13-7-8-14(16-10-15(13)16)18(17)20(21)23/h3-8,13-18H,2,9-10H2,1H3/t13-,14+,15-,16+,17+,18-. The first kappa shape index (κ1) is 14.3. The molecular formula is C20H21NO3. The lowest BCUT2D eigenvalue weighted by Gasteiger charge is -2.37. The van der Waals surface area contributed by atoms with Gasteiger partial charge in [0, 0.05) is 0 Å². The number of rotatable bonds is 4. The zero-order valence-electron chi connectivity index (χ0n) is 13.7. The van der Waals surface area contributed by atoms with Crippen molar-refractivity contribution < 1.29 is 14.3 Å². The Balaban J connectivity index is 1.44. The monoisotopic (exact) mass is 323 g/mol. The topological polar surface area (TPSA) is 46.6 Å². The van der Waals surface area contributed by atoms with E-state index in [1.165, 1.54) is 11.3 Å². The Labute approximate surface area is 141 Å². The van der Waals surface area contributed by atoms with Gasteiger partial charge < -0.3 is 4.74 Å². The fraction of sp³-hybridized carbons (Fsp3) is 0.500. The molecule has 4 aliphatic carbocycles. The Bertz CT molecular complexity index is 702. The van der Waals surface area contributed by atoms with Crippen molar-refractivity contribution in [2.45, 2.75) is 19.8 Å². The first-order valence-corrected chi connectivity index (χ1v) is 8.99. The van der Waals surface area contributed by atoms with Crippen LogP contribution < -0.4 is 9.64 Å². The second-order valence-electron chi connectivity index (χ2n) is 7.51. The van der Waals surface area contributed by atoms with Gasteiger partial charge in [-0.25, -0.2) is 0 Å². The molecule has 124 valence electrons. The van der Waals surface area contributed by atoms with Crippen LogP contribution in [0, 0.1) is 35.5 Å². The van der Waals surface area contributed by atoms with Crippen molar-refractivity contribution in [1.82, 2.24) is 0 Å². The largest absolute Gasteiger partial charge is 0.494 e. The van der Waals surface area contributed by atoms with E-state index < -0.39 is 0 Å². The molecular weight excluding hydrogens is 302 g/mol. The zero-order valence-corrected chi connectivity index (χ0v) is 13.7. The summed E-state index contributed by atoms with van der Waals surface area (Å²) < 4.78 is 5.59. The summed E-state index contributed by atoms with van der Waals surface area (Å²) in [5.41, 5.74) is 0.677. The number of imide groups is 1. The summed E-state index contributed by atoms with van der Waals surface area (Å²) in [4.78, 5) is 27.4. The summed E-state index contributed by atoms with van der Waals surface area (Å²) in [5.74, 6) is 2.34. The number of hydrogen-bond acceptors (Lipinski definition) is 3.